The molecule has 0 aromatic rings. The molecular formula is C14H32N2O4. The Morgan fingerprint density at radius 3 is 1.95 bits per heavy atom. The molecule has 0 heterocycles. The van der Waals surface area contributed by atoms with Gasteiger partial charge in [0, 0.05) is 26.2 Å². The van der Waals surface area contributed by atoms with Crippen molar-refractivity contribution in [3.8, 4) is 0 Å². The molecule has 20 heavy (non-hydrogen) atoms. The first-order chi connectivity index (χ1) is 9.31. The molecule has 0 saturated carbocycles. The van der Waals surface area contributed by atoms with Gasteiger partial charge < -0.3 is 25.0 Å². The summed E-state index contributed by atoms with van der Waals surface area (Å²) in [4.78, 5) is 3.94. The molecule has 0 aliphatic heterocycles. The molecule has 0 fully saturated rings. The second-order valence-electron chi connectivity index (χ2n) is 5.80. The van der Waals surface area contributed by atoms with Gasteiger partial charge in [0.05, 0.1) is 24.9 Å². The van der Waals surface area contributed by atoms with Gasteiger partial charge in [-0.15, -0.1) is 0 Å². The maximum absolute atomic E-state index is 9.91. The predicted molar refractivity (Wildman–Crippen MR) is 79.8 cm³/mol. The molecule has 0 aliphatic rings. The highest BCUT2D eigenvalue weighted by molar-refractivity contribution is 4.69. The van der Waals surface area contributed by atoms with E-state index in [1.165, 1.54) is 0 Å². The lowest BCUT2D eigenvalue weighted by atomic mass is 10.2. The van der Waals surface area contributed by atoms with Crippen LogP contribution in [0.2, 0.25) is 0 Å². The topological polar surface area (TPSA) is 76.4 Å². The average molecular weight is 292 g/mol. The zero-order valence-corrected chi connectivity index (χ0v) is 13.3. The number of aliphatic hydroxyl groups is 3. The second-order valence-corrected chi connectivity index (χ2v) is 5.80. The first-order valence-corrected chi connectivity index (χ1v) is 7.30. The molecule has 6 nitrogen and oxygen atoms in total. The molecule has 3 unspecified atom stereocenters. The molecule has 122 valence electrons. The lowest BCUT2D eigenvalue weighted by Crippen LogP contribution is -2.42. The van der Waals surface area contributed by atoms with Gasteiger partial charge >= 0.3 is 0 Å². The van der Waals surface area contributed by atoms with E-state index in [0.717, 1.165) is 13.0 Å². The van der Waals surface area contributed by atoms with Crippen molar-refractivity contribution in [2.24, 2.45) is 0 Å². The predicted octanol–water partition coefficient (Wildman–Crippen LogP) is -0.621. The van der Waals surface area contributed by atoms with Crippen LogP contribution in [0.5, 0.6) is 0 Å². The van der Waals surface area contributed by atoms with E-state index in [0.29, 0.717) is 26.2 Å². The summed E-state index contributed by atoms with van der Waals surface area (Å²) >= 11 is 0. The van der Waals surface area contributed by atoms with Gasteiger partial charge in [0.15, 0.2) is 0 Å². The van der Waals surface area contributed by atoms with Crippen LogP contribution in [-0.2, 0) is 4.74 Å². The third-order valence-electron chi connectivity index (χ3n) is 2.72. The van der Waals surface area contributed by atoms with Crippen molar-refractivity contribution in [1.29, 1.82) is 0 Å². The SMILES string of the molecule is CC(O)CN(CC(C)O)CC(O)COCCCN(C)C. The fourth-order valence-electron chi connectivity index (χ4n) is 2.02. The first kappa shape index (κ1) is 19.8. The fraction of sp³-hybridized carbons (Fsp3) is 1.00. The van der Waals surface area contributed by atoms with Crippen LogP contribution in [-0.4, -0.2) is 96.9 Å². The molecule has 0 radical (unpaired) electrons. The van der Waals surface area contributed by atoms with E-state index >= 15 is 0 Å². The lowest BCUT2D eigenvalue weighted by Gasteiger charge is -2.27. The van der Waals surface area contributed by atoms with E-state index in [1.54, 1.807) is 13.8 Å². The van der Waals surface area contributed by atoms with Gasteiger partial charge in [0.1, 0.15) is 0 Å². The normalized spacial score (nSPS) is 16.6. The summed E-state index contributed by atoms with van der Waals surface area (Å²) in [7, 11) is 4.03. The molecule has 3 atom stereocenters. The minimum Gasteiger partial charge on any atom is -0.392 e. The van der Waals surface area contributed by atoms with Crippen molar-refractivity contribution in [2.45, 2.75) is 38.6 Å². The highest BCUT2D eigenvalue weighted by Crippen LogP contribution is 1.99. The van der Waals surface area contributed by atoms with E-state index in [2.05, 4.69) is 4.90 Å². The van der Waals surface area contributed by atoms with E-state index in [1.807, 2.05) is 19.0 Å². The van der Waals surface area contributed by atoms with Gasteiger partial charge in [0.25, 0.3) is 0 Å². The summed E-state index contributed by atoms with van der Waals surface area (Å²) in [6.45, 7) is 6.52. The number of rotatable bonds is 12. The number of hydrogen-bond donors (Lipinski definition) is 3. The Bertz CT molecular complexity index is 215. The standard InChI is InChI=1S/C14H32N2O4/c1-12(17)8-16(9-13(2)18)10-14(19)11-20-7-5-6-15(3)4/h12-14,17-19H,5-11H2,1-4H3. The van der Waals surface area contributed by atoms with Crippen LogP contribution >= 0.6 is 0 Å². The molecule has 0 bridgehead atoms. The highest BCUT2D eigenvalue weighted by atomic mass is 16.5. The van der Waals surface area contributed by atoms with Gasteiger partial charge in [-0.25, -0.2) is 0 Å². The van der Waals surface area contributed by atoms with Gasteiger partial charge in [-0.2, -0.15) is 0 Å². The molecule has 0 amide bonds. The van der Waals surface area contributed by atoms with Gasteiger partial charge in [0.2, 0.25) is 0 Å². The third kappa shape index (κ3) is 12.8. The molecule has 0 spiro atoms. The molecular weight excluding hydrogens is 260 g/mol. The quantitative estimate of drug-likeness (QED) is 0.416. The Morgan fingerprint density at radius 1 is 0.950 bits per heavy atom. The van der Waals surface area contributed by atoms with Crippen LogP contribution in [0.4, 0.5) is 0 Å². The van der Waals surface area contributed by atoms with Crippen LogP contribution < -0.4 is 0 Å². The summed E-state index contributed by atoms with van der Waals surface area (Å²) < 4.78 is 5.43. The fourth-order valence-corrected chi connectivity index (χ4v) is 2.02. The number of hydrogen-bond acceptors (Lipinski definition) is 6. The van der Waals surface area contributed by atoms with E-state index in [9.17, 15) is 15.3 Å². The maximum Gasteiger partial charge on any atom is 0.0900 e. The van der Waals surface area contributed by atoms with Crippen molar-refractivity contribution in [3.63, 3.8) is 0 Å². The Hall–Kier alpha value is -0.240. The minimum atomic E-state index is -0.605. The lowest BCUT2D eigenvalue weighted by molar-refractivity contribution is -0.00110. The summed E-state index contributed by atoms with van der Waals surface area (Å²) in [5, 5.41) is 28.7. The number of aliphatic hydroxyl groups excluding tert-OH is 3. The Labute approximate surface area is 122 Å². The average Bonchev–Trinajstić information content (AvgIpc) is 2.25. The largest absolute Gasteiger partial charge is 0.392 e. The summed E-state index contributed by atoms with van der Waals surface area (Å²) in [6.07, 6.45) is -0.638. The van der Waals surface area contributed by atoms with E-state index in [4.69, 9.17) is 4.74 Å². The number of ether oxygens (including phenoxy) is 1. The highest BCUT2D eigenvalue weighted by Gasteiger charge is 2.15. The molecule has 0 rings (SSSR count). The van der Waals surface area contributed by atoms with Crippen LogP contribution in [0.25, 0.3) is 0 Å². The maximum atomic E-state index is 9.91. The smallest absolute Gasteiger partial charge is 0.0900 e. The van der Waals surface area contributed by atoms with Crippen molar-refractivity contribution in [1.82, 2.24) is 9.80 Å². The molecule has 6 heteroatoms. The van der Waals surface area contributed by atoms with Gasteiger partial charge in [-0.1, -0.05) is 0 Å². The zero-order valence-electron chi connectivity index (χ0n) is 13.3. The van der Waals surface area contributed by atoms with Gasteiger partial charge in [-0.05, 0) is 40.9 Å². The first-order valence-electron chi connectivity index (χ1n) is 7.30. The molecule has 3 N–H and O–H groups in total. The Kier molecular flexibility index (Phi) is 11.3. The van der Waals surface area contributed by atoms with Crippen molar-refractivity contribution in [3.05, 3.63) is 0 Å². The molecule has 0 aliphatic carbocycles. The van der Waals surface area contributed by atoms with E-state index < -0.39 is 18.3 Å². The Morgan fingerprint density at radius 2 is 1.50 bits per heavy atom. The summed E-state index contributed by atoms with van der Waals surface area (Å²) in [5.41, 5.74) is 0. The van der Waals surface area contributed by atoms with Crippen LogP contribution in [0.1, 0.15) is 20.3 Å². The second kappa shape index (κ2) is 11.4. The van der Waals surface area contributed by atoms with Crippen LogP contribution in [0.15, 0.2) is 0 Å². The van der Waals surface area contributed by atoms with Gasteiger partial charge in [-0.3, -0.25) is 4.90 Å². The van der Waals surface area contributed by atoms with Crippen LogP contribution in [0, 0.1) is 0 Å². The Balaban J connectivity index is 3.84. The monoisotopic (exact) mass is 292 g/mol. The molecule has 0 saturated heterocycles. The zero-order chi connectivity index (χ0) is 15.5. The molecule has 0 aromatic carbocycles. The van der Waals surface area contributed by atoms with Crippen LogP contribution in [0.3, 0.4) is 0 Å². The van der Waals surface area contributed by atoms with E-state index in [-0.39, 0.29) is 6.61 Å². The minimum absolute atomic E-state index is 0.281. The summed E-state index contributed by atoms with van der Waals surface area (Å²) in [5.74, 6) is 0. The van der Waals surface area contributed by atoms with Crippen molar-refractivity contribution in [2.75, 3.05) is 53.5 Å². The summed E-state index contributed by atoms with van der Waals surface area (Å²) in [6, 6.07) is 0. The number of nitrogens with zero attached hydrogens (tertiary/aromatic N) is 2. The van der Waals surface area contributed by atoms with Crippen molar-refractivity contribution >= 4 is 0 Å². The molecule has 0 aromatic heterocycles. The van der Waals surface area contributed by atoms with Crippen molar-refractivity contribution < 1.29 is 20.1 Å². The third-order valence-corrected chi connectivity index (χ3v) is 2.72.